The Morgan fingerprint density at radius 1 is 1.33 bits per heavy atom. The monoisotopic (exact) mass is 233 g/mol. The number of nitriles is 1. The van der Waals surface area contributed by atoms with Crippen molar-refractivity contribution in [3.05, 3.63) is 45.8 Å². The Kier molecular flexibility index (Phi) is 2.77. The first-order valence-electron chi connectivity index (χ1n) is 4.47. The highest BCUT2D eigenvalue weighted by Gasteiger charge is 2.05. The molecular formula is C12H8ClNS. The van der Waals surface area contributed by atoms with Crippen molar-refractivity contribution in [3.8, 4) is 16.5 Å². The average Bonchev–Trinajstić information content (AvgIpc) is 2.59. The van der Waals surface area contributed by atoms with Crippen LogP contribution in [0.4, 0.5) is 0 Å². The normalized spacial score (nSPS) is 9.93. The average molecular weight is 234 g/mol. The van der Waals surface area contributed by atoms with Gasteiger partial charge in [-0.3, -0.25) is 0 Å². The van der Waals surface area contributed by atoms with E-state index in [-0.39, 0.29) is 0 Å². The van der Waals surface area contributed by atoms with Crippen molar-refractivity contribution in [1.29, 1.82) is 5.26 Å². The van der Waals surface area contributed by atoms with E-state index in [1.54, 1.807) is 17.4 Å². The number of hydrogen-bond acceptors (Lipinski definition) is 2. The molecule has 0 aliphatic rings. The molecule has 1 nitrogen and oxygen atoms in total. The fourth-order valence-electron chi connectivity index (χ4n) is 1.34. The second-order valence-electron chi connectivity index (χ2n) is 3.21. The number of thiophene rings is 1. The Labute approximate surface area is 97.6 Å². The van der Waals surface area contributed by atoms with Crippen molar-refractivity contribution in [3.63, 3.8) is 0 Å². The molecule has 3 heteroatoms. The summed E-state index contributed by atoms with van der Waals surface area (Å²) in [6, 6.07) is 11.6. The van der Waals surface area contributed by atoms with Gasteiger partial charge in [0.25, 0.3) is 0 Å². The third kappa shape index (κ3) is 2.04. The summed E-state index contributed by atoms with van der Waals surface area (Å²) in [4.78, 5) is 2.21. The molecule has 74 valence electrons. The van der Waals surface area contributed by atoms with Crippen LogP contribution in [0.5, 0.6) is 0 Å². The highest BCUT2D eigenvalue weighted by molar-refractivity contribution is 7.16. The third-order valence-electron chi connectivity index (χ3n) is 2.13. The predicted octanol–water partition coefficient (Wildman–Crippen LogP) is 4.25. The van der Waals surface area contributed by atoms with Crippen LogP contribution in [-0.4, -0.2) is 0 Å². The number of aryl methyl sites for hydroxylation is 1. The van der Waals surface area contributed by atoms with Crippen LogP contribution in [0, 0.1) is 18.3 Å². The fourth-order valence-corrected chi connectivity index (χ4v) is 2.54. The van der Waals surface area contributed by atoms with Gasteiger partial charge < -0.3 is 0 Å². The van der Waals surface area contributed by atoms with Gasteiger partial charge in [-0.05, 0) is 30.7 Å². The molecule has 2 rings (SSSR count). The Hall–Kier alpha value is -1.30. The van der Waals surface area contributed by atoms with E-state index >= 15 is 0 Å². The van der Waals surface area contributed by atoms with Gasteiger partial charge in [0.15, 0.2) is 0 Å². The molecule has 0 fully saturated rings. The van der Waals surface area contributed by atoms with E-state index in [1.807, 2.05) is 31.2 Å². The van der Waals surface area contributed by atoms with E-state index in [1.165, 1.54) is 0 Å². The molecular weight excluding hydrogens is 226 g/mol. The summed E-state index contributed by atoms with van der Waals surface area (Å²) in [7, 11) is 0. The largest absolute Gasteiger partial charge is 0.192 e. The molecule has 0 aliphatic heterocycles. The van der Waals surface area contributed by atoms with Gasteiger partial charge in [0.1, 0.15) is 0 Å². The smallest absolute Gasteiger partial charge is 0.0991 e. The van der Waals surface area contributed by atoms with Crippen molar-refractivity contribution < 1.29 is 0 Å². The quantitative estimate of drug-likeness (QED) is 0.723. The number of hydrogen-bond donors (Lipinski definition) is 0. The Balaban J connectivity index is 2.50. The third-order valence-corrected chi connectivity index (χ3v) is 3.74. The molecule has 0 radical (unpaired) electrons. The van der Waals surface area contributed by atoms with Crippen molar-refractivity contribution in [2.75, 3.05) is 0 Å². The lowest BCUT2D eigenvalue weighted by atomic mass is 10.1. The zero-order valence-corrected chi connectivity index (χ0v) is 9.69. The van der Waals surface area contributed by atoms with Gasteiger partial charge in [-0.25, -0.2) is 0 Å². The van der Waals surface area contributed by atoms with Crippen LogP contribution in [0.3, 0.4) is 0 Å². The summed E-state index contributed by atoms with van der Waals surface area (Å²) < 4.78 is 0. The molecule has 0 amide bonds. The van der Waals surface area contributed by atoms with Crippen molar-refractivity contribution in [2.24, 2.45) is 0 Å². The number of benzene rings is 1. The Morgan fingerprint density at radius 3 is 2.73 bits per heavy atom. The van der Waals surface area contributed by atoms with E-state index in [4.69, 9.17) is 16.9 Å². The summed E-state index contributed by atoms with van der Waals surface area (Å²) in [5.74, 6) is 0. The number of rotatable bonds is 1. The van der Waals surface area contributed by atoms with Gasteiger partial charge in [0.05, 0.1) is 16.7 Å². The van der Waals surface area contributed by atoms with E-state index < -0.39 is 0 Å². The van der Waals surface area contributed by atoms with Gasteiger partial charge >= 0.3 is 0 Å². The van der Waals surface area contributed by atoms with E-state index in [0.717, 1.165) is 20.3 Å². The van der Waals surface area contributed by atoms with Gasteiger partial charge in [0, 0.05) is 9.75 Å². The molecule has 1 aromatic heterocycles. The van der Waals surface area contributed by atoms with Crippen molar-refractivity contribution >= 4 is 22.9 Å². The topological polar surface area (TPSA) is 23.8 Å². The molecule has 0 aliphatic carbocycles. The van der Waals surface area contributed by atoms with Gasteiger partial charge in [-0.2, -0.15) is 5.26 Å². The van der Waals surface area contributed by atoms with Crippen LogP contribution in [0.2, 0.25) is 5.02 Å². The molecule has 0 unspecified atom stereocenters. The van der Waals surface area contributed by atoms with Crippen LogP contribution in [0.25, 0.3) is 10.4 Å². The summed E-state index contributed by atoms with van der Waals surface area (Å²) in [6.07, 6.45) is 0. The Bertz CT molecular complexity index is 517. The standard InChI is InChI=1S/C12H8ClNS/c1-8-11(13)6-12(15-8)10-4-2-3-9(5-10)7-14/h2-6H,1H3. The van der Waals surface area contributed by atoms with Crippen molar-refractivity contribution in [1.82, 2.24) is 0 Å². The zero-order valence-electron chi connectivity index (χ0n) is 8.12. The minimum atomic E-state index is 0.676. The summed E-state index contributed by atoms with van der Waals surface area (Å²) in [6.45, 7) is 1.99. The molecule has 0 saturated carbocycles. The van der Waals surface area contributed by atoms with Crippen LogP contribution < -0.4 is 0 Å². The fraction of sp³-hybridized carbons (Fsp3) is 0.0833. The summed E-state index contributed by atoms with van der Waals surface area (Å²) >= 11 is 7.64. The number of nitrogens with zero attached hydrogens (tertiary/aromatic N) is 1. The molecule has 0 bridgehead atoms. The summed E-state index contributed by atoms with van der Waals surface area (Å²) in [5.41, 5.74) is 1.73. The molecule has 1 aromatic carbocycles. The molecule has 0 N–H and O–H groups in total. The van der Waals surface area contributed by atoms with E-state index in [9.17, 15) is 0 Å². The number of halogens is 1. The molecule has 15 heavy (non-hydrogen) atoms. The van der Waals surface area contributed by atoms with Crippen LogP contribution in [0.15, 0.2) is 30.3 Å². The zero-order chi connectivity index (χ0) is 10.8. The summed E-state index contributed by atoms with van der Waals surface area (Å²) in [5, 5.41) is 9.59. The van der Waals surface area contributed by atoms with Gasteiger partial charge in [-0.15, -0.1) is 11.3 Å². The molecule has 1 heterocycles. The Morgan fingerprint density at radius 2 is 2.13 bits per heavy atom. The lowest BCUT2D eigenvalue weighted by Gasteiger charge is -1.96. The minimum Gasteiger partial charge on any atom is -0.192 e. The first-order valence-corrected chi connectivity index (χ1v) is 5.66. The van der Waals surface area contributed by atoms with Crippen LogP contribution >= 0.6 is 22.9 Å². The minimum absolute atomic E-state index is 0.676. The second-order valence-corrected chi connectivity index (χ2v) is 4.87. The first-order chi connectivity index (χ1) is 7.20. The predicted molar refractivity (Wildman–Crippen MR) is 64.2 cm³/mol. The van der Waals surface area contributed by atoms with Crippen molar-refractivity contribution in [2.45, 2.75) is 6.92 Å². The maximum Gasteiger partial charge on any atom is 0.0991 e. The first kappa shape index (κ1) is 10.2. The van der Waals surface area contributed by atoms with Gasteiger partial charge in [0.2, 0.25) is 0 Å². The van der Waals surface area contributed by atoms with E-state index in [0.29, 0.717) is 5.56 Å². The SMILES string of the molecule is Cc1sc(-c2cccc(C#N)c2)cc1Cl. The lowest BCUT2D eigenvalue weighted by Crippen LogP contribution is -1.75. The van der Waals surface area contributed by atoms with Crippen LogP contribution in [-0.2, 0) is 0 Å². The molecule has 2 aromatic rings. The lowest BCUT2D eigenvalue weighted by molar-refractivity contribution is 1.49. The van der Waals surface area contributed by atoms with E-state index in [2.05, 4.69) is 6.07 Å². The molecule has 0 saturated heterocycles. The second kappa shape index (κ2) is 4.06. The maximum atomic E-state index is 8.80. The highest BCUT2D eigenvalue weighted by Crippen LogP contribution is 2.33. The molecule has 0 spiro atoms. The van der Waals surface area contributed by atoms with Gasteiger partial charge in [-0.1, -0.05) is 23.7 Å². The maximum absolute atomic E-state index is 8.80. The highest BCUT2D eigenvalue weighted by atomic mass is 35.5. The van der Waals surface area contributed by atoms with Crippen LogP contribution in [0.1, 0.15) is 10.4 Å². The molecule has 0 atom stereocenters.